The van der Waals surface area contributed by atoms with E-state index in [1.807, 2.05) is 0 Å². The summed E-state index contributed by atoms with van der Waals surface area (Å²) >= 11 is 0. The maximum absolute atomic E-state index is 11.7. The van der Waals surface area contributed by atoms with E-state index in [-0.39, 0.29) is 18.2 Å². The first-order valence-electron chi connectivity index (χ1n) is 4.49. The third-order valence-electron chi connectivity index (χ3n) is 2.36. The fraction of sp³-hybridized carbons (Fsp3) is 0.875. The zero-order valence-electron chi connectivity index (χ0n) is 8.65. The number of nitrogens with zero attached hydrogens (tertiary/aromatic N) is 1. The van der Waals surface area contributed by atoms with Gasteiger partial charge in [-0.05, 0) is 20.8 Å². The number of carbonyl (C=O) groups excluding carboxylic acids is 1. The zero-order valence-corrected chi connectivity index (χ0v) is 9.47. The van der Waals surface area contributed by atoms with E-state index in [0.29, 0.717) is 0 Å². The minimum atomic E-state index is -3.45. The monoisotopic (exact) mass is 220 g/mol. The molecule has 0 aliphatic carbocycles. The van der Waals surface area contributed by atoms with E-state index < -0.39 is 21.5 Å². The highest BCUT2D eigenvalue weighted by Gasteiger charge is 2.50. The second kappa shape index (κ2) is 3.20. The molecule has 6 heteroatoms. The topological polar surface area (TPSA) is 80.5 Å². The number of hydrogen-bond acceptors (Lipinski definition) is 4. The molecule has 1 aliphatic heterocycles. The van der Waals surface area contributed by atoms with Crippen LogP contribution in [-0.4, -0.2) is 37.0 Å². The van der Waals surface area contributed by atoms with Crippen molar-refractivity contribution in [3.8, 4) is 0 Å². The van der Waals surface area contributed by atoms with E-state index in [2.05, 4.69) is 0 Å². The number of nitrogens with two attached hydrogens (primary N) is 1. The van der Waals surface area contributed by atoms with Crippen LogP contribution in [0.4, 0.5) is 0 Å². The molecule has 2 N–H and O–H groups in total. The molecule has 14 heavy (non-hydrogen) atoms. The van der Waals surface area contributed by atoms with Crippen molar-refractivity contribution >= 4 is 15.9 Å². The largest absolute Gasteiger partial charge is 0.328 e. The van der Waals surface area contributed by atoms with Crippen LogP contribution < -0.4 is 5.73 Å². The average Bonchev–Trinajstić information content (AvgIpc) is 2.16. The Kier molecular flexibility index (Phi) is 2.62. The fourth-order valence-electron chi connectivity index (χ4n) is 1.58. The molecule has 1 fully saturated rings. The third kappa shape index (κ3) is 1.64. The van der Waals surface area contributed by atoms with Crippen molar-refractivity contribution < 1.29 is 13.2 Å². The molecule has 0 aromatic heterocycles. The predicted molar refractivity (Wildman–Crippen MR) is 52.9 cm³/mol. The summed E-state index contributed by atoms with van der Waals surface area (Å²) in [5.74, 6) is -0.473. The molecular formula is C8H16N2O3S. The van der Waals surface area contributed by atoms with Crippen LogP contribution in [0.1, 0.15) is 20.8 Å². The summed E-state index contributed by atoms with van der Waals surface area (Å²) in [5.41, 5.74) is 4.55. The lowest BCUT2D eigenvalue weighted by molar-refractivity contribution is -0.133. The van der Waals surface area contributed by atoms with Gasteiger partial charge in [0.1, 0.15) is 0 Å². The zero-order chi connectivity index (χ0) is 11.1. The van der Waals surface area contributed by atoms with Crippen LogP contribution in [0, 0.1) is 5.41 Å². The van der Waals surface area contributed by atoms with Gasteiger partial charge in [-0.1, -0.05) is 0 Å². The van der Waals surface area contributed by atoms with Gasteiger partial charge >= 0.3 is 0 Å². The Bertz CT molecular complexity index is 348. The number of sulfonamides is 1. The summed E-state index contributed by atoms with van der Waals surface area (Å²) in [5, 5.41) is 0. The van der Waals surface area contributed by atoms with Crippen LogP contribution in [0.3, 0.4) is 0 Å². The molecule has 0 aromatic rings. The minimum absolute atomic E-state index is 0.122. The van der Waals surface area contributed by atoms with Gasteiger partial charge < -0.3 is 5.73 Å². The molecule has 0 radical (unpaired) electrons. The lowest BCUT2D eigenvalue weighted by Gasteiger charge is -2.22. The molecule has 82 valence electrons. The molecular weight excluding hydrogens is 204 g/mol. The maximum Gasteiger partial charge on any atom is 0.243 e. The highest BCUT2D eigenvalue weighted by molar-refractivity contribution is 7.90. The van der Waals surface area contributed by atoms with Crippen LogP contribution in [0.25, 0.3) is 0 Å². The average molecular weight is 220 g/mol. The van der Waals surface area contributed by atoms with E-state index in [4.69, 9.17) is 5.73 Å². The van der Waals surface area contributed by atoms with Crippen molar-refractivity contribution in [3.63, 3.8) is 0 Å². The first-order valence-corrected chi connectivity index (χ1v) is 6.10. The lowest BCUT2D eigenvalue weighted by Crippen LogP contribution is -2.43. The number of rotatable bonds is 2. The molecule has 0 saturated carbocycles. The third-order valence-corrected chi connectivity index (χ3v) is 4.58. The van der Waals surface area contributed by atoms with Gasteiger partial charge in [-0.3, -0.25) is 4.79 Å². The molecule has 1 unspecified atom stereocenters. The van der Waals surface area contributed by atoms with Crippen LogP contribution >= 0.6 is 0 Å². The molecule has 1 rings (SSSR count). The van der Waals surface area contributed by atoms with Crippen molar-refractivity contribution in [2.24, 2.45) is 11.1 Å². The van der Waals surface area contributed by atoms with E-state index in [9.17, 15) is 13.2 Å². The van der Waals surface area contributed by atoms with Gasteiger partial charge in [0.15, 0.2) is 0 Å². The van der Waals surface area contributed by atoms with Crippen LogP contribution in [0.15, 0.2) is 0 Å². The molecule has 5 nitrogen and oxygen atoms in total. The Labute approximate surface area is 84.3 Å². The number of amides is 1. The van der Waals surface area contributed by atoms with Gasteiger partial charge in [0.05, 0.1) is 17.2 Å². The Morgan fingerprint density at radius 1 is 1.57 bits per heavy atom. The summed E-state index contributed by atoms with van der Waals surface area (Å²) in [6.07, 6.45) is 0. The van der Waals surface area contributed by atoms with Crippen molar-refractivity contribution in [1.29, 1.82) is 0 Å². The number of hydrogen-bond donors (Lipinski definition) is 1. The fourth-order valence-corrected chi connectivity index (χ4v) is 3.89. The molecule has 0 aromatic carbocycles. The Morgan fingerprint density at radius 2 is 2.07 bits per heavy atom. The summed E-state index contributed by atoms with van der Waals surface area (Å²) in [6, 6.07) is -0.450. The van der Waals surface area contributed by atoms with E-state index >= 15 is 0 Å². The maximum atomic E-state index is 11.7. The highest BCUT2D eigenvalue weighted by atomic mass is 32.2. The molecule has 1 saturated heterocycles. The molecule has 1 amide bonds. The number of carbonyl (C=O) groups is 1. The van der Waals surface area contributed by atoms with Crippen molar-refractivity contribution in [1.82, 2.24) is 4.31 Å². The van der Waals surface area contributed by atoms with Crippen LogP contribution in [0.5, 0.6) is 0 Å². The van der Waals surface area contributed by atoms with Crippen LogP contribution in [-0.2, 0) is 14.8 Å². The first-order chi connectivity index (χ1) is 6.22. The normalized spacial score (nSPS) is 26.6. The Morgan fingerprint density at radius 3 is 2.36 bits per heavy atom. The van der Waals surface area contributed by atoms with Gasteiger partial charge in [0.2, 0.25) is 15.9 Å². The SMILES string of the molecule is CC(CN)N1C(=O)C(C)(C)CS1(=O)=O. The first kappa shape index (κ1) is 11.5. The highest BCUT2D eigenvalue weighted by Crippen LogP contribution is 2.32. The second-order valence-corrected chi connectivity index (χ2v) is 6.17. The quantitative estimate of drug-likeness (QED) is 0.682. The standard InChI is InChI=1S/C8H16N2O3S/c1-6(4-9)10-7(11)8(2,3)5-14(10,12)13/h6H,4-5,9H2,1-3H3. The molecule has 0 bridgehead atoms. The lowest BCUT2D eigenvalue weighted by atomic mass is 9.95. The van der Waals surface area contributed by atoms with Gasteiger partial charge in [0, 0.05) is 6.54 Å². The smallest absolute Gasteiger partial charge is 0.243 e. The summed E-state index contributed by atoms with van der Waals surface area (Å²) in [4.78, 5) is 11.7. The van der Waals surface area contributed by atoms with Crippen LogP contribution in [0.2, 0.25) is 0 Å². The van der Waals surface area contributed by atoms with Gasteiger partial charge in [-0.15, -0.1) is 0 Å². The summed E-state index contributed by atoms with van der Waals surface area (Å²) < 4.78 is 24.2. The van der Waals surface area contributed by atoms with Crippen molar-refractivity contribution in [2.75, 3.05) is 12.3 Å². The van der Waals surface area contributed by atoms with E-state index in [1.165, 1.54) is 0 Å². The predicted octanol–water partition coefficient (Wildman–Crippen LogP) is -0.468. The summed E-state index contributed by atoms with van der Waals surface area (Å²) in [6.45, 7) is 5.06. The summed E-state index contributed by atoms with van der Waals surface area (Å²) in [7, 11) is -3.45. The second-order valence-electron chi connectivity index (χ2n) is 4.33. The van der Waals surface area contributed by atoms with E-state index in [1.54, 1.807) is 20.8 Å². The molecule has 1 atom stereocenters. The van der Waals surface area contributed by atoms with Crippen molar-refractivity contribution in [3.05, 3.63) is 0 Å². The molecule has 0 spiro atoms. The molecule has 1 heterocycles. The molecule has 1 aliphatic rings. The van der Waals surface area contributed by atoms with Gasteiger partial charge in [-0.25, -0.2) is 12.7 Å². The van der Waals surface area contributed by atoms with Crippen molar-refractivity contribution in [2.45, 2.75) is 26.8 Å². The van der Waals surface area contributed by atoms with Gasteiger partial charge in [0.25, 0.3) is 0 Å². The Hall–Kier alpha value is -0.620. The van der Waals surface area contributed by atoms with Gasteiger partial charge in [-0.2, -0.15) is 0 Å². The Balaban J connectivity index is 3.13. The van der Waals surface area contributed by atoms with E-state index in [0.717, 1.165) is 4.31 Å². The minimum Gasteiger partial charge on any atom is -0.328 e.